The number of pyridine rings is 1. The molecule has 0 atom stereocenters. The molecule has 186 valence electrons. The zero-order valence-electron chi connectivity index (χ0n) is 20.6. The van der Waals surface area contributed by atoms with Gasteiger partial charge in [0, 0.05) is 38.3 Å². The summed E-state index contributed by atoms with van der Waals surface area (Å²) in [5, 5.41) is 0. The van der Waals surface area contributed by atoms with Crippen molar-refractivity contribution in [2.75, 3.05) is 64.2 Å². The number of aromatic nitrogens is 3. The monoisotopic (exact) mass is 486 g/mol. The predicted molar refractivity (Wildman–Crippen MR) is 141 cm³/mol. The van der Waals surface area contributed by atoms with Crippen LogP contribution in [0.5, 0.6) is 17.2 Å². The van der Waals surface area contributed by atoms with Crippen LogP contribution in [0.2, 0.25) is 0 Å². The quantitative estimate of drug-likeness (QED) is 0.401. The minimum Gasteiger partial charge on any atom is -0.493 e. The summed E-state index contributed by atoms with van der Waals surface area (Å²) in [5.41, 5.74) is 9.24. The van der Waals surface area contributed by atoms with Gasteiger partial charge in [0.15, 0.2) is 17.3 Å². The Labute approximate surface area is 210 Å². The highest BCUT2D eigenvalue weighted by molar-refractivity contribution is 5.88. The molecule has 0 spiro atoms. The molecule has 1 aliphatic heterocycles. The van der Waals surface area contributed by atoms with E-state index in [4.69, 9.17) is 24.9 Å². The van der Waals surface area contributed by atoms with Crippen molar-refractivity contribution in [3.63, 3.8) is 0 Å². The van der Waals surface area contributed by atoms with Gasteiger partial charge in [0.05, 0.1) is 25.4 Å². The average Bonchev–Trinajstić information content (AvgIpc) is 2.93. The molecule has 4 aromatic rings. The third kappa shape index (κ3) is 5.11. The van der Waals surface area contributed by atoms with Crippen LogP contribution in [0, 0.1) is 0 Å². The van der Waals surface area contributed by atoms with Crippen LogP contribution in [0.3, 0.4) is 0 Å². The highest BCUT2D eigenvalue weighted by Crippen LogP contribution is 2.33. The van der Waals surface area contributed by atoms with Gasteiger partial charge in [0.25, 0.3) is 0 Å². The number of piperazine rings is 1. The Hall–Kier alpha value is -4.11. The zero-order chi connectivity index (χ0) is 24.9. The van der Waals surface area contributed by atoms with Gasteiger partial charge >= 0.3 is 0 Å². The smallest absolute Gasteiger partial charge is 0.222 e. The number of ether oxygens (including phenoxy) is 3. The lowest BCUT2D eigenvalue weighted by Crippen LogP contribution is -2.48. The summed E-state index contributed by atoms with van der Waals surface area (Å²) in [4.78, 5) is 18.6. The maximum absolute atomic E-state index is 6.06. The summed E-state index contributed by atoms with van der Waals surface area (Å²) >= 11 is 0. The van der Waals surface area contributed by atoms with Crippen LogP contribution in [0.15, 0.2) is 60.7 Å². The van der Waals surface area contributed by atoms with Gasteiger partial charge in [-0.1, -0.05) is 18.2 Å². The maximum atomic E-state index is 6.06. The van der Waals surface area contributed by atoms with E-state index in [0.29, 0.717) is 18.1 Å². The number of anilines is 2. The molecule has 1 fully saturated rings. The molecule has 2 aromatic carbocycles. The lowest BCUT2D eigenvalue weighted by molar-refractivity contribution is 0.200. The Morgan fingerprint density at radius 3 is 2.36 bits per heavy atom. The Bertz CT molecular complexity index is 1330. The molecule has 36 heavy (non-hydrogen) atoms. The zero-order valence-corrected chi connectivity index (χ0v) is 20.6. The van der Waals surface area contributed by atoms with Crippen LogP contribution in [0.4, 0.5) is 11.8 Å². The number of rotatable bonds is 8. The second-order valence-electron chi connectivity index (χ2n) is 8.53. The van der Waals surface area contributed by atoms with Gasteiger partial charge in [0.2, 0.25) is 5.95 Å². The van der Waals surface area contributed by atoms with Crippen molar-refractivity contribution in [3.8, 4) is 28.5 Å². The van der Waals surface area contributed by atoms with Crippen molar-refractivity contribution in [2.45, 2.75) is 0 Å². The van der Waals surface area contributed by atoms with E-state index in [1.165, 1.54) is 0 Å². The van der Waals surface area contributed by atoms with Crippen molar-refractivity contribution >= 4 is 22.8 Å². The molecule has 0 amide bonds. The van der Waals surface area contributed by atoms with Gasteiger partial charge < -0.3 is 24.8 Å². The first-order valence-corrected chi connectivity index (χ1v) is 12.0. The number of hydrogen-bond donors (Lipinski definition) is 1. The van der Waals surface area contributed by atoms with Crippen molar-refractivity contribution < 1.29 is 14.2 Å². The predicted octanol–water partition coefficient (Wildman–Crippen LogP) is 3.49. The third-order valence-electron chi connectivity index (χ3n) is 6.31. The van der Waals surface area contributed by atoms with Crippen molar-refractivity contribution in [1.29, 1.82) is 0 Å². The summed E-state index contributed by atoms with van der Waals surface area (Å²) < 4.78 is 16.7. The number of methoxy groups -OCH3 is 2. The summed E-state index contributed by atoms with van der Waals surface area (Å²) in [6, 6.07) is 19.5. The molecule has 0 radical (unpaired) electrons. The third-order valence-corrected chi connectivity index (χ3v) is 6.31. The minimum absolute atomic E-state index is 0.247. The SMILES string of the molecule is COc1ccc(-c2ccc3nc(N)nc(N4CCN(CCOc5ccccc5)CC4)c3n2)cc1OC. The fourth-order valence-electron chi connectivity index (χ4n) is 4.39. The molecule has 9 heteroatoms. The van der Waals surface area contributed by atoms with Crippen LogP contribution in [-0.2, 0) is 0 Å². The number of para-hydroxylation sites is 1. The molecule has 0 aliphatic carbocycles. The first kappa shape index (κ1) is 23.6. The second kappa shape index (κ2) is 10.7. The van der Waals surface area contributed by atoms with Crippen LogP contribution < -0.4 is 24.8 Å². The number of nitrogens with two attached hydrogens (primary N) is 1. The molecular weight excluding hydrogens is 456 g/mol. The van der Waals surface area contributed by atoms with Gasteiger partial charge in [-0.25, -0.2) is 9.97 Å². The minimum atomic E-state index is 0.247. The standard InChI is InChI=1S/C27H30N6O3/c1-34-23-11-8-19(18-24(23)35-2)21-9-10-22-25(29-21)26(31-27(28)30-22)33-14-12-32(13-15-33)16-17-36-20-6-4-3-5-7-20/h3-11,18H,12-17H2,1-2H3,(H2,28,30,31). The van der Waals surface area contributed by atoms with Crippen molar-refractivity contribution in [2.24, 2.45) is 0 Å². The van der Waals surface area contributed by atoms with E-state index in [2.05, 4.69) is 19.8 Å². The van der Waals surface area contributed by atoms with Crippen LogP contribution >= 0.6 is 0 Å². The number of benzene rings is 2. The summed E-state index contributed by atoms with van der Waals surface area (Å²) in [5.74, 6) is 3.23. The Balaban J connectivity index is 1.32. The molecule has 0 bridgehead atoms. The first-order valence-electron chi connectivity index (χ1n) is 12.0. The highest BCUT2D eigenvalue weighted by Gasteiger charge is 2.22. The van der Waals surface area contributed by atoms with Crippen LogP contribution in [0.1, 0.15) is 0 Å². The Morgan fingerprint density at radius 1 is 0.833 bits per heavy atom. The number of nitrogen functional groups attached to an aromatic ring is 1. The summed E-state index contributed by atoms with van der Waals surface area (Å²) in [6.45, 7) is 4.97. The van der Waals surface area contributed by atoms with Gasteiger partial charge in [-0.2, -0.15) is 4.98 Å². The van der Waals surface area contributed by atoms with E-state index in [0.717, 1.165) is 66.6 Å². The summed E-state index contributed by atoms with van der Waals surface area (Å²) in [6.07, 6.45) is 0. The van der Waals surface area contributed by atoms with Gasteiger partial charge in [-0.15, -0.1) is 0 Å². The van der Waals surface area contributed by atoms with E-state index in [-0.39, 0.29) is 5.95 Å². The number of hydrogen-bond acceptors (Lipinski definition) is 9. The number of fused-ring (bicyclic) bond motifs is 1. The van der Waals surface area contributed by atoms with Crippen molar-refractivity contribution in [1.82, 2.24) is 19.9 Å². The van der Waals surface area contributed by atoms with Crippen LogP contribution in [0.25, 0.3) is 22.3 Å². The molecule has 2 aromatic heterocycles. The largest absolute Gasteiger partial charge is 0.493 e. The molecule has 1 saturated heterocycles. The maximum Gasteiger partial charge on any atom is 0.222 e. The molecule has 3 heterocycles. The summed E-state index contributed by atoms with van der Waals surface area (Å²) in [7, 11) is 3.24. The molecule has 2 N–H and O–H groups in total. The Morgan fingerprint density at radius 2 is 1.61 bits per heavy atom. The normalized spacial score (nSPS) is 14.1. The van der Waals surface area contributed by atoms with E-state index in [1.807, 2.05) is 60.7 Å². The fraction of sp³-hybridized carbons (Fsp3) is 0.296. The lowest BCUT2D eigenvalue weighted by atomic mass is 10.1. The van der Waals surface area contributed by atoms with E-state index < -0.39 is 0 Å². The lowest BCUT2D eigenvalue weighted by Gasteiger charge is -2.35. The van der Waals surface area contributed by atoms with Gasteiger partial charge in [-0.05, 0) is 42.5 Å². The topological polar surface area (TPSA) is 98.9 Å². The second-order valence-corrected chi connectivity index (χ2v) is 8.53. The van der Waals surface area contributed by atoms with Crippen LogP contribution in [-0.4, -0.2) is 73.4 Å². The molecular formula is C27H30N6O3. The molecule has 1 aliphatic rings. The first-order chi connectivity index (χ1) is 17.6. The van der Waals surface area contributed by atoms with Crippen molar-refractivity contribution in [3.05, 3.63) is 60.7 Å². The average molecular weight is 487 g/mol. The van der Waals surface area contributed by atoms with Gasteiger partial charge in [0.1, 0.15) is 17.9 Å². The molecule has 9 nitrogen and oxygen atoms in total. The van der Waals surface area contributed by atoms with E-state index in [1.54, 1.807) is 14.2 Å². The number of nitrogens with zero attached hydrogens (tertiary/aromatic N) is 5. The molecule has 0 saturated carbocycles. The highest BCUT2D eigenvalue weighted by atomic mass is 16.5. The molecule has 0 unspecified atom stereocenters. The Kier molecular flexibility index (Phi) is 6.99. The van der Waals surface area contributed by atoms with E-state index in [9.17, 15) is 0 Å². The van der Waals surface area contributed by atoms with E-state index >= 15 is 0 Å². The molecule has 5 rings (SSSR count). The van der Waals surface area contributed by atoms with Gasteiger partial charge in [-0.3, -0.25) is 4.90 Å². The fourth-order valence-corrected chi connectivity index (χ4v) is 4.39.